The highest BCUT2D eigenvalue weighted by Crippen LogP contribution is 2.48. The van der Waals surface area contributed by atoms with E-state index >= 15 is 0 Å². The van der Waals surface area contributed by atoms with E-state index in [0.29, 0.717) is 5.76 Å². The van der Waals surface area contributed by atoms with Crippen LogP contribution in [0.1, 0.15) is 37.7 Å². The van der Waals surface area contributed by atoms with E-state index in [1.165, 1.54) is 5.56 Å². The summed E-state index contributed by atoms with van der Waals surface area (Å²) in [6.45, 7) is 0. The molecule has 2 fully saturated rings. The lowest BCUT2D eigenvalue weighted by Gasteiger charge is -2.49. The van der Waals surface area contributed by atoms with Crippen molar-refractivity contribution in [2.75, 3.05) is 14.1 Å². The fraction of sp³-hybridized carbons (Fsp3) is 0.524. The summed E-state index contributed by atoms with van der Waals surface area (Å²) < 4.78 is 5.66. The normalized spacial score (nSPS) is 38.7. The zero-order valence-electron chi connectivity index (χ0n) is 16.4. The van der Waals surface area contributed by atoms with E-state index in [9.17, 15) is 5.26 Å². The highest BCUT2D eigenvalue weighted by atomic mass is 16.6. The first-order valence-corrected chi connectivity index (χ1v) is 9.92. The van der Waals surface area contributed by atoms with E-state index in [4.69, 9.17) is 4.74 Å². The molecular weight excluding hydrogens is 352 g/mol. The average molecular weight is 378 g/mol. The van der Waals surface area contributed by atoms with E-state index in [1.807, 2.05) is 11.1 Å². The average Bonchev–Trinajstić information content (AvgIpc) is 3.43. The lowest BCUT2D eigenvalue weighted by atomic mass is 9.68. The number of nitrogens with one attached hydrogen (secondary N) is 2. The monoisotopic (exact) mass is 378 g/mol. The molecule has 1 aromatic rings. The molecule has 5 rings (SSSR count). The van der Waals surface area contributed by atoms with Crippen LogP contribution in [0.2, 0.25) is 0 Å². The van der Waals surface area contributed by atoms with Crippen molar-refractivity contribution in [2.45, 2.75) is 55.2 Å². The molecule has 3 aliphatic heterocycles. The minimum absolute atomic E-state index is 0.0156. The Bertz CT molecular complexity index is 865. The van der Waals surface area contributed by atoms with E-state index in [2.05, 4.69) is 71.2 Å². The smallest absolute Gasteiger partial charge is 0.376 e. The molecule has 4 aliphatic rings. The van der Waals surface area contributed by atoms with Gasteiger partial charge in [0.2, 0.25) is 0 Å². The standard InChI is InChI=1S/C21H26N6O/c1-26(2)20(16-6-4-3-5-7-16)10-8-19(9-11-20)12-18(24-25-19)27-14-17-13-23-21(27,15-22)28-17/h3-7,13-14,18,24-25H,8-12H2,1-2H3/t18-,19?,20?,21?/m1/s1. The highest BCUT2D eigenvalue weighted by molar-refractivity contribution is 5.80. The summed E-state index contributed by atoms with van der Waals surface area (Å²) in [5.41, 5.74) is 8.48. The van der Waals surface area contributed by atoms with Gasteiger partial charge in [-0.25, -0.2) is 15.8 Å². The minimum Gasteiger partial charge on any atom is -0.434 e. The van der Waals surface area contributed by atoms with Crippen LogP contribution in [0.3, 0.4) is 0 Å². The molecule has 1 saturated carbocycles. The van der Waals surface area contributed by atoms with E-state index < -0.39 is 5.85 Å². The lowest BCUT2D eigenvalue weighted by Crippen LogP contribution is -2.54. The van der Waals surface area contributed by atoms with Crippen molar-refractivity contribution >= 4 is 6.21 Å². The van der Waals surface area contributed by atoms with Crippen molar-refractivity contribution in [1.82, 2.24) is 20.7 Å². The summed E-state index contributed by atoms with van der Waals surface area (Å²) in [7, 11) is 4.38. The number of benzene rings is 1. The molecule has 1 aliphatic carbocycles. The summed E-state index contributed by atoms with van der Waals surface area (Å²) >= 11 is 0. The van der Waals surface area contributed by atoms with E-state index in [1.54, 1.807) is 6.21 Å². The fourth-order valence-corrected chi connectivity index (χ4v) is 5.27. The lowest BCUT2D eigenvalue weighted by molar-refractivity contribution is -0.0265. The minimum atomic E-state index is -1.23. The van der Waals surface area contributed by atoms with Crippen LogP contribution >= 0.6 is 0 Å². The van der Waals surface area contributed by atoms with Crippen molar-refractivity contribution in [3.05, 3.63) is 47.9 Å². The Kier molecular flexibility index (Phi) is 3.82. The molecule has 0 radical (unpaired) electrons. The first-order valence-electron chi connectivity index (χ1n) is 9.92. The number of hydrogen-bond donors (Lipinski definition) is 2. The van der Waals surface area contributed by atoms with E-state index in [0.717, 1.165) is 32.1 Å². The number of nitrogens with zero attached hydrogens (tertiary/aromatic N) is 4. The van der Waals surface area contributed by atoms with Crippen molar-refractivity contribution in [2.24, 2.45) is 4.99 Å². The summed E-state index contributed by atoms with van der Waals surface area (Å²) in [6.07, 6.45) is 8.73. The third kappa shape index (κ3) is 2.42. The Morgan fingerprint density at radius 1 is 1.21 bits per heavy atom. The third-order valence-electron chi connectivity index (χ3n) is 7.01. The predicted molar refractivity (Wildman–Crippen MR) is 106 cm³/mol. The molecular formula is C21H26N6O. The Morgan fingerprint density at radius 3 is 2.61 bits per heavy atom. The van der Waals surface area contributed by atoms with Gasteiger partial charge in [0.05, 0.1) is 12.4 Å². The molecule has 0 amide bonds. The SMILES string of the molecule is CN(C)C1(c2ccccc2)CCC2(CC1)C[C@@H](N1C=C3C=NC1(C#N)O3)NN2. The molecule has 2 bridgehead atoms. The maximum absolute atomic E-state index is 9.61. The number of ether oxygens (including phenoxy) is 1. The second-order valence-electron chi connectivity index (χ2n) is 8.58. The topological polar surface area (TPSA) is 75.9 Å². The van der Waals surface area contributed by atoms with Gasteiger partial charge in [0, 0.05) is 17.5 Å². The number of aliphatic imine (C=N–C) groups is 1. The van der Waals surface area contributed by atoms with Gasteiger partial charge < -0.3 is 4.74 Å². The molecule has 7 heteroatoms. The maximum Gasteiger partial charge on any atom is 0.376 e. The van der Waals surface area contributed by atoms with Gasteiger partial charge in [-0.15, -0.1) is 0 Å². The van der Waals surface area contributed by atoms with Gasteiger partial charge in [-0.2, -0.15) is 5.26 Å². The fourth-order valence-electron chi connectivity index (χ4n) is 5.27. The first-order chi connectivity index (χ1) is 13.5. The predicted octanol–water partition coefficient (Wildman–Crippen LogP) is 2.02. The van der Waals surface area contributed by atoms with Gasteiger partial charge in [-0.3, -0.25) is 9.80 Å². The van der Waals surface area contributed by atoms with Crippen molar-refractivity contribution < 1.29 is 4.74 Å². The summed E-state index contributed by atoms with van der Waals surface area (Å²) in [5.74, 6) is -0.574. The Hall–Kier alpha value is -2.40. The number of allylic oxidation sites excluding steroid dienone is 1. The van der Waals surface area contributed by atoms with Crippen LogP contribution in [0.15, 0.2) is 47.3 Å². The van der Waals surface area contributed by atoms with Gasteiger partial charge in [0.1, 0.15) is 6.17 Å². The van der Waals surface area contributed by atoms with Crippen LogP contribution in [-0.2, 0) is 10.3 Å². The molecule has 7 nitrogen and oxygen atoms in total. The number of fused-ring (bicyclic) bond motifs is 2. The molecule has 28 heavy (non-hydrogen) atoms. The molecule has 0 aromatic heterocycles. The van der Waals surface area contributed by atoms with Crippen LogP contribution in [0, 0.1) is 11.3 Å². The van der Waals surface area contributed by atoms with Crippen LogP contribution in [0.5, 0.6) is 0 Å². The molecule has 1 aromatic carbocycles. The molecule has 2 atom stereocenters. The summed E-state index contributed by atoms with van der Waals surface area (Å²) in [6, 6.07) is 13.1. The Morgan fingerprint density at radius 2 is 1.96 bits per heavy atom. The highest BCUT2D eigenvalue weighted by Gasteiger charge is 2.55. The van der Waals surface area contributed by atoms with Crippen LogP contribution in [0.25, 0.3) is 0 Å². The number of nitriles is 1. The second kappa shape index (κ2) is 6.05. The molecule has 2 N–H and O–H groups in total. The van der Waals surface area contributed by atoms with Gasteiger partial charge in [0.25, 0.3) is 0 Å². The Balaban J connectivity index is 1.33. The van der Waals surface area contributed by atoms with Gasteiger partial charge >= 0.3 is 5.85 Å². The van der Waals surface area contributed by atoms with Crippen LogP contribution < -0.4 is 10.9 Å². The third-order valence-corrected chi connectivity index (χ3v) is 7.01. The van der Waals surface area contributed by atoms with Gasteiger partial charge in [-0.1, -0.05) is 30.3 Å². The van der Waals surface area contributed by atoms with Crippen LogP contribution in [0.4, 0.5) is 0 Å². The van der Waals surface area contributed by atoms with Gasteiger partial charge in [0.15, 0.2) is 11.8 Å². The largest absolute Gasteiger partial charge is 0.434 e. The number of rotatable bonds is 3. The first kappa shape index (κ1) is 17.7. The van der Waals surface area contributed by atoms with Crippen LogP contribution in [-0.4, -0.2) is 47.7 Å². The van der Waals surface area contributed by atoms with Crippen molar-refractivity contribution in [1.29, 1.82) is 5.26 Å². The quantitative estimate of drug-likeness (QED) is 0.838. The molecule has 1 spiro atoms. The summed E-state index contributed by atoms with van der Waals surface area (Å²) in [4.78, 5) is 8.57. The van der Waals surface area contributed by atoms with Crippen molar-refractivity contribution in [3.8, 4) is 6.07 Å². The molecule has 146 valence electrons. The Labute approximate surface area is 165 Å². The van der Waals surface area contributed by atoms with Gasteiger partial charge in [-0.05, 0) is 45.3 Å². The zero-order chi connectivity index (χ0) is 19.4. The molecule has 1 saturated heterocycles. The molecule has 1 unspecified atom stereocenters. The zero-order valence-corrected chi connectivity index (χ0v) is 16.4. The summed E-state index contributed by atoms with van der Waals surface area (Å²) in [5, 5.41) is 9.61. The second-order valence-corrected chi connectivity index (χ2v) is 8.58. The number of hydrogen-bond acceptors (Lipinski definition) is 7. The maximum atomic E-state index is 9.61. The number of hydrazine groups is 1. The van der Waals surface area contributed by atoms with Crippen molar-refractivity contribution in [3.63, 3.8) is 0 Å². The molecule has 3 heterocycles. The van der Waals surface area contributed by atoms with E-state index in [-0.39, 0.29) is 17.2 Å².